The minimum atomic E-state index is -4.82. The van der Waals surface area contributed by atoms with E-state index < -0.39 is 27.0 Å². The van der Waals surface area contributed by atoms with Gasteiger partial charge in [-0.3, -0.25) is 0 Å². The first-order valence-corrected chi connectivity index (χ1v) is 20.5. The van der Waals surface area contributed by atoms with E-state index >= 15 is 0 Å². The monoisotopic (exact) mass is 728 g/mol. The number of carbonyl (C=O) groups is 2. The SMILES string of the molecule is CCCCCCCCCC/C=C/CCCCOC(=O)c1ccc(S(=O)(=O)[O-])cc1C(=O)OCCCC/C=C/CCCCCCCCCC.[K+]. The van der Waals surface area contributed by atoms with Gasteiger partial charge >= 0.3 is 63.3 Å². The van der Waals surface area contributed by atoms with E-state index in [0.29, 0.717) is 12.8 Å². The van der Waals surface area contributed by atoms with Crippen LogP contribution < -0.4 is 51.4 Å². The standard InChI is InChI=1S/C40H66O7S.K/c1-3-5-7-9-11-13-15-17-19-21-23-25-27-29-33-46-39(41)37-32-31-36(48(43,44)45)35-38(37)40(42)47-34-30-28-26-24-22-20-18-16-14-12-10-8-6-4-2;/h21-24,31-32,35H,3-20,25-30,33-34H2,1-2H3,(H,43,44,45);/q;+1/p-1/b23-21+,24-22+;. The minimum Gasteiger partial charge on any atom is -0.744 e. The zero-order chi connectivity index (χ0) is 35.1. The molecule has 0 heterocycles. The Kier molecular flexibility index (Phi) is 32.5. The van der Waals surface area contributed by atoms with Crippen LogP contribution in [0, 0.1) is 0 Å². The molecule has 1 rings (SSSR count). The Morgan fingerprint density at radius 2 is 0.898 bits per heavy atom. The normalized spacial score (nSPS) is 11.7. The Morgan fingerprint density at radius 3 is 1.29 bits per heavy atom. The summed E-state index contributed by atoms with van der Waals surface area (Å²) in [6.45, 7) is 4.78. The van der Waals surface area contributed by atoms with Gasteiger partial charge in [0.2, 0.25) is 0 Å². The Bertz CT molecular complexity index is 1150. The van der Waals surface area contributed by atoms with Gasteiger partial charge < -0.3 is 14.0 Å². The molecule has 0 aromatic heterocycles. The molecule has 0 saturated heterocycles. The van der Waals surface area contributed by atoms with Crippen molar-refractivity contribution < 1.29 is 83.4 Å². The van der Waals surface area contributed by atoms with Gasteiger partial charge in [0.15, 0.2) is 0 Å². The average Bonchev–Trinajstić information content (AvgIpc) is 3.07. The second-order valence-electron chi connectivity index (χ2n) is 12.9. The fraction of sp³-hybridized carbons (Fsp3) is 0.700. The number of esters is 2. The van der Waals surface area contributed by atoms with Gasteiger partial charge in [0, 0.05) is 0 Å². The fourth-order valence-corrected chi connectivity index (χ4v) is 6.00. The van der Waals surface area contributed by atoms with Crippen LogP contribution in [0.2, 0.25) is 0 Å². The molecule has 0 fully saturated rings. The topological polar surface area (TPSA) is 110 Å². The van der Waals surface area contributed by atoms with Crippen molar-refractivity contribution in [2.45, 2.75) is 173 Å². The van der Waals surface area contributed by atoms with Gasteiger partial charge in [-0.2, -0.15) is 0 Å². The van der Waals surface area contributed by atoms with Crippen molar-refractivity contribution in [2.24, 2.45) is 0 Å². The third-order valence-corrected chi connectivity index (χ3v) is 9.33. The maximum atomic E-state index is 12.8. The van der Waals surface area contributed by atoms with Crippen LogP contribution in [0.1, 0.15) is 189 Å². The number of rotatable bonds is 31. The fourth-order valence-electron chi connectivity index (χ4n) is 5.50. The quantitative estimate of drug-likeness (QED) is 0.0248. The van der Waals surface area contributed by atoms with Crippen molar-refractivity contribution in [1.29, 1.82) is 0 Å². The molecule has 0 aliphatic heterocycles. The van der Waals surface area contributed by atoms with E-state index in [4.69, 9.17) is 9.47 Å². The molecular weight excluding hydrogens is 664 g/mol. The smallest absolute Gasteiger partial charge is 0.744 e. The molecular formula is C40H65KO7S. The second-order valence-corrected chi connectivity index (χ2v) is 14.3. The van der Waals surface area contributed by atoms with E-state index in [-0.39, 0.29) is 75.7 Å². The van der Waals surface area contributed by atoms with E-state index in [0.717, 1.165) is 56.7 Å². The molecule has 0 saturated carbocycles. The number of unbranched alkanes of at least 4 members (excludes halogenated alkanes) is 20. The molecule has 0 amide bonds. The molecule has 0 atom stereocenters. The second kappa shape index (κ2) is 33.1. The molecule has 49 heavy (non-hydrogen) atoms. The van der Waals surface area contributed by atoms with E-state index in [2.05, 4.69) is 38.2 Å². The zero-order valence-electron chi connectivity index (χ0n) is 31.2. The summed E-state index contributed by atoms with van der Waals surface area (Å²) in [6.07, 6.45) is 36.6. The van der Waals surface area contributed by atoms with Crippen LogP contribution in [0.4, 0.5) is 0 Å². The van der Waals surface area contributed by atoms with E-state index in [1.807, 2.05) is 0 Å². The van der Waals surface area contributed by atoms with E-state index in [1.165, 1.54) is 103 Å². The maximum absolute atomic E-state index is 12.8. The Morgan fingerprint density at radius 1 is 0.551 bits per heavy atom. The van der Waals surface area contributed by atoms with E-state index in [9.17, 15) is 22.6 Å². The Balaban J connectivity index is 0.0000230. The van der Waals surface area contributed by atoms with Gasteiger partial charge in [-0.1, -0.05) is 128 Å². The summed E-state index contributed by atoms with van der Waals surface area (Å²) in [5, 5.41) is 0. The van der Waals surface area contributed by atoms with Gasteiger partial charge in [0.1, 0.15) is 10.1 Å². The predicted octanol–water partition coefficient (Wildman–Crippen LogP) is 8.42. The third kappa shape index (κ3) is 26.6. The molecule has 0 aliphatic carbocycles. The van der Waals surface area contributed by atoms with Crippen molar-refractivity contribution in [3.63, 3.8) is 0 Å². The van der Waals surface area contributed by atoms with Crippen LogP contribution in [0.3, 0.4) is 0 Å². The molecule has 1 aromatic rings. The summed E-state index contributed by atoms with van der Waals surface area (Å²) in [7, 11) is -4.82. The van der Waals surface area contributed by atoms with Crippen LogP contribution in [-0.2, 0) is 19.6 Å². The van der Waals surface area contributed by atoms with Crippen LogP contribution in [0.25, 0.3) is 0 Å². The molecule has 1 aromatic carbocycles. The maximum Gasteiger partial charge on any atom is 1.00 e. The van der Waals surface area contributed by atoms with Gasteiger partial charge in [-0.25, -0.2) is 18.0 Å². The number of hydrogen-bond acceptors (Lipinski definition) is 7. The molecule has 0 aliphatic rings. The molecule has 0 N–H and O–H groups in total. The molecule has 9 heteroatoms. The Labute approximate surface area is 342 Å². The minimum absolute atomic E-state index is 0. The van der Waals surface area contributed by atoms with Gasteiger partial charge in [0.25, 0.3) is 0 Å². The van der Waals surface area contributed by atoms with Crippen LogP contribution >= 0.6 is 0 Å². The number of allylic oxidation sites excluding steroid dienone is 4. The Hall–Kier alpha value is -0.814. The average molecular weight is 729 g/mol. The first-order valence-electron chi connectivity index (χ1n) is 19.0. The van der Waals surface area contributed by atoms with Gasteiger partial charge in [-0.15, -0.1) is 0 Å². The van der Waals surface area contributed by atoms with Crippen molar-refractivity contribution in [3.8, 4) is 0 Å². The van der Waals surface area contributed by atoms with Crippen LogP contribution in [0.5, 0.6) is 0 Å². The summed E-state index contributed by atoms with van der Waals surface area (Å²) < 4.78 is 45.5. The van der Waals surface area contributed by atoms with Crippen LogP contribution in [-0.4, -0.2) is 38.1 Å². The summed E-state index contributed by atoms with van der Waals surface area (Å²) in [4.78, 5) is 25.1. The molecule has 274 valence electrons. The number of carbonyl (C=O) groups excluding carboxylic acids is 2. The van der Waals surface area contributed by atoms with Crippen LogP contribution in [0.15, 0.2) is 47.4 Å². The molecule has 0 unspecified atom stereocenters. The van der Waals surface area contributed by atoms with Crippen molar-refractivity contribution in [1.82, 2.24) is 0 Å². The third-order valence-electron chi connectivity index (χ3n) is 8.50. The van der Waals surface area contributed by atoms with Crippen molar-refractivity contribution >= 4 is 22.1 Å². The first kappa shape index (κ1) is 48.2. The van der Waals surface area contributed by atoms with E-state index in [1.54, 1.807) is 0 Å². The molecule has 7 nitrogen and oxygen atoms in total. The summed E-state index contributed by atoms with van der Waals surface area (Å²) in [6, 6.07) is 3.08. The summed E-state index contributed by atoms with van der Waals surface area (Å²) in [5.74, 6) is -1.59. The largest absolute Gasteiger partial charge is 1.00 e. The molecule has 0 spiro atoms. The van der Waals surface area contributed by atoms with Gasteiger partial charge in [-0.05, 0) is 82.4 Å². The zero-order valence-corrected chi connectivity index (χ0v) is 35.1. The van der Waals surface area contributed by atoms with Crippen molar-refractivity contribution in [3.05, 3.63) is 53.6 Å². The summed E-state index contributed by atoms with van der Waals surface area (Å²) in [5.41, 5.74) is -0.382. The summed E-state index contributed by atoms with van der Waals surface area (Å²) >= 11 is 0. The number of ether oxygens (including phenoxy) is 2. The predicted molar refractivity (Wildman–Crippen MR) is 195 cm³/mol. The molecule has 0 bridgehead atoms. The first-order chi connectivity index (χ1) is 23.3. The van der Waals surface area contributed by atoms with Gasteiger partial charge in [0.05, 0.1) is 29.2 Å². The molecule has 0 radical (unpaired) electrons. The van der Waals surface area contributed by atoms with Crippen molar-refractivity contribution in [2.75, 3.05) is 13.2 Å². The number of benzene rings is 1. The number of hydrogen-bond donors (Lipinski definition) is 0.